The van der Waals surface area contributed by atoms with E-state index in [4.69, 9.17) is 4.74 Å². The molecule has 0 saturated carbocycles. The van der Waals surface area contributed by atoms with Crippen LogP contribution in [0.1, 0.15) is 27.9 Å². The molecule has 0 unspecified atom stereocenters. The highest BCUT2D eigenvalue weighted by molar-refractivity contribution is 5.94. The van der Waals surface area contributed by atoms with Crippen LogP contribution in [0.5, 0.6) is 5.75 Å². The number of benzene rings is 2. The molecule has 1 aliphatic rings. The Balaban J connectivity index is 1.50. The molecule has 1 amide bonds. The highest BCUT2D eigenvalue weighted by Gasteiger charge is 2.14. The van der Waals surface area contributed by atoms with Gasteiger partial charge in [-0.05, 0) is 48.2 Å². The molecular formula is C19H18N4O2. The van der Waals surface area contributed by atoms with Gasteiger partial charge in [0.05, 0.1) is 12.3 Å². The smallest absolute Gasteiger partial charge is 0.251 e. The van der Waals surface area contributed by atoms with Crippen molar-refractivity contribution in [3.63, 3.8) is 0 Å². The Bertz CT molecular complexity index is 890. The first-order valence-corrected chi connectivity index (χ1v) is 8.28. The van der Waals surface area contributed by atoms with Crippen LogP contribution in [-0.2, 0) is 13.0 Å². The Morgan fingerprint density at radius 1 is 1.24 bits per heavy atom. The largest absolute Gasteiger partial charge is 0.493 e. The van der Waals surface area contributed by atoms with Gasteiger partial charge in [-0.3, -0.25) is 4.79 Å². The Morgan fingerprint density at radius 2 is 2.16 bits per heavy atom. The molecule has 0 atom stereocenters. The topological polar surface area (TPSA) is 69.0 Å². The molecule has 25 heavy (non-hydrogen) atoms. The van der Waals surface area contributed by atoms with E-state index in [2.05, 4.69) is 15.4 Å². The number of carbonyl (C=O) groups is 1. The van der Waals surface area contributed by atoms with E-state index in [0.717, 1.165) is 42.0 Å². The zero-order valence-electron chi connectivity index (χ0n) is 13.7. The summed E-state index contributed by atoms with van der Waals surface area (Å²) in [6, 6.07) is 13.4. The third-order valence-electron chi connectivity index (χ3n) is 4.27. The zero-order valence-corrected chi connectivity index (χ0v) is 13.7. The number of para-hydroxylation sites is 1. The molecule has 2 aromatic carbocycles. The molecule has 1 N–H and O–H groups in total. The Morgan fingerprint density at radius 3 is 3.04 bits per heavy atom. The SMILES string of the molecule is O=C(NCc1ccccc1-n1cncn1)c1ccc2c(c1)CCCO2. The fourth-order valence-corrected chi connectivity index (χ4v) is 3.00. The number of ether oxygens (including phenoxy) is 1. The second-order valence-electron chi connectivity index (χ2n) is 5.93. The van der Waals surface area contributed by atoms with Gasteiger partial charge in [-0.1, -0.05) is 18.2 Å². The molecular weight excluding hydrogens is 316 g/mol. The maximum Gasteiger partial charge on any atom is 0.251 e. The molecule has 1 aliphatic heterocycles. The molecule has 2 heterocycles. The second-order valence-corrected chi connectivity index (χ2v) is 5.93. The maximum atomic E-state index is 12.5. The van der Waals surface area contributed by atoms with Gasteiger partial charge in [-0.25, -0.2) is 9.67 Å². The van der Waals surface area contributed by atoms with Gasteiger partial charge in [0.1, 0.15) is 18.4 Å². The molecule has 0 spiro atoms. The van der Waals surface area contributed by atoms with E-state index < -0.39 is 0 Å². The van der Waals surface area contributed by atoms with Crippen LogP contribution in [0.25, 0.3) is 5.69 Å². The van der Waals surface area contributed by atoms with Crippen molar-refractivity contribution in [1.82, 2.24) is 20.1 Å². The number of amides is 1. The van der Waals surface area contributed by atoms with E-state index in [0.29, 0.717) is 12.1 Å². The minimum Gasteiger partial charge on any atom is -0.493 e. The number of carbonyl (C=O) groups excluding carboxylic acids is 1. The molecule has 1 aromatic heterocycles. The van der Waals surface area contributed by atoms with Crippen LogP contribution in [0, 0.1) is 0 Å². The van der Waals surface area contributed by atoms with Gasteiger partial charge >= 0.3 is 0 Å². The van der Waals surface area contributed by atoms with Crippen molar-refractivity contribution < 1.29 is 9.53 Å². The molecule has 0 radical (unpaired) electrons. The third kappa shape index (κ3) is 3.24. The summed E-state index contributed by atoms with van der Waals surface area (Å²) < 4.78 is 7.29. The van der Waals surface area contributed by atoms with E-state index in [1.54, 1.807) is 11.0 Å². The summed E-state index contributed by atoms with van der Waals surface area (Å²) in [6.07, 6.45) is 5.07. The van der Waals surface area contributed by atoms with Gasteiger partial charge in [0.15, 0.2) is 0 Å². The lowest BCUT2D eigenvalue weighted by Gasteiger charge is -2.17. The van der Waals surface area contributed by atoms with Crippen LogP contribution < -0.4 is 10.1 Å². The first-order valence-electron chi connectivity index (χ1n) is 8.28. The summed E-state index contributed by atoms with van der Waals surface area (Å²) >= 11 is 0. The van der Waals surface area contributed by atoms with Crippen molar-refractivity contribution in [3.8, 4) is 11.4 Å². The number of hydrogen-bond acceptors (Lipinski definition) is 4. The molecule has 3 aromatic rings. The summed E-state index contributed by atoms with van der Waals surface area (Å²) in [5, 5.41) is 7.14. The molecule has 4 rings (SSSR count). The van der Waals surface area contributed by atoms with Crippen LogP contribution in [0.15, 0.2) is 55.1 Å². The molecule has 6 nitrogen and oxygen atoms in total. The van der Waals surface area contributed by atoms with Gasteiger partial charge in [0, 0.05) is 12.1 Å². The van der Waals surface area contributed by atoms with Crippen molar-refractivity contribution in [2.24, 2.45) is 0 Å². The Hall–Kier alpha value is -3.15. The highest BCUT2D eigenvalue weighted by atomic mass is 16.5. The number of fused-ring (bicyclic) bond motifs is 1. The number of aryl methyl sites for hydroxylation is 1. The standard InChI is InChI=1S/C19H18N4O2/c24-19(15-7-8-18-14(10-15)5-3-9-25-18)21-11-16-4-1-2-6-17(16)23-13-20-12-22-23/h1-2,4,6-8,10,12-13H,3,5,9,11H2,(H,21,24). The van der Waals surface area contributed by atoms with Crippen LogP contribution in [0.3, 0.4) is 0 Å². The van der Waals surface area contributed by atoms with Crippen molar-refractivity contribution >= 4 is 5.91 Å². The lowest BCUT2D eigenvalue weighted by Crippen LogP contribution is -2.24. The predicted octanol–water partition coefficient (Wildman–Crippen LogP) is 2.52. The van der Waals surface area contributed by atoms with E-state index in [1.165, 1.54) is 6.33 Å². The van der Waals surface area contributed by atoms with Gasteiger partial charge < -0.3 is 10.1 Å². The fraction of sp³-hybridized carbons (Fsp3) is 0.211. The number of nitrogens with one attached hydrogen (secondary N) is 1. The van der Waals surface area contributed by atoms with Crippen molar-refractivity contribution in [2.75, 3.05) is 6.61 Å². The van der Waals surface area contributed by atoms with E-state index in [1.807, 2.05) is 42.5 Å². The zero-order chi connectivity index (χ0) is 17.1. The molecule has 6 heteroatoms. The second kappa shape index (κ2) is 6.76. The summed E-state index contributed by atoms with van der Waals surface area (Å²) in [6.45, 7) is 1.17. The molecule has 0 saturated heterocycles. The normalized spacial score (nSPS) is 13.0. The Labute approximate surface area is 145 Å². The average molecular weight is 334 g/mol. The van der Waals surface area contributed by atoms with Crippen molar-refractivity contribution in [1.29, 1.82) is 0 Å². The van der Waals surface area contributed by atoms with Crippen LogP contribution in [0.2, 0.25) is 0 Å². The quantitative estimate of drug-likeness (QED) is 0.796. The molecule has 0 aliphatic carbocycles. The van der Waals surface area contributed by atoms with Crippen LogP contribution >= 0.6 is 0 Å². The van der Waals surface area contributed by atoms with Gasteiger partial charge in [-0.15, -0.1) is 0 Å². The molecule has 126 valence electrons. The molecule has 0 fully saturated rings. The average Bonchev–Trinajstić information content (AvgIpc) is 3.20. The van der Waals surface area contributed by atoms with Crippen LogP contribution in [-0.4, -0.2) is 27.3 Å². The summed E-state index contributed by atoms with van der Waals surface area (Å²) in [5.41, 5.74) is 3.63. The maximum absolute atomic E-state index is 12.5. The molecule has 0 bridgehead atoms. The predicted molar refractivity (Wildman–Crippen MR) is 92.8 cm³/mol. The fourth-order valence-electron chi connectivity index (χ4n) is 3.00. The third-order valence-corrected chi connectivity index (χ3v) is 4.27. The lowest BCUT2D eigenvalue weighted by atomic mass is 10.0. The number of rotatable bonds is 4. The minimum absolute atomic E-state index is 0.0956. The van der Waals surface area contributed by atoms with Crippen molar-refractivity contribution in [3.05, 3.63) is 71.8 Å². The van der Waals surface area contributed by atoms with Gasteiger partial charge in [-0.2, -0.15) is 5.10 Å². The monoisotopic (exact) mass is 334 g/mol. The summed E-state index contributed by atoms with van der Waals surface area (Å²) in [7, 11) is 0. The van der Waals surface area contributed by atoms with Crippen LogP contribution in [0.4, 0.5) is 0 Å². The van der Waals surface area contributed by atoms with E-state index in [-0.39, 0.29) is 5.91 Å². The van der Waals surface area contributed by atoms with Crippen molar-refractivity contribution in [2.45, 2.75) is 19.4 Å². The first kappa shape index (κ1) is 15.4. The Kier molecular flexibility index (Phi) is 4.16. The first-order chi connectivity index (χ1) is 12.3. The highest BCUT2D eigenvalue weighted by Crippen LogP contribution is 2.25. The lowest BCUT2D eigenvalue weighted by molar-refractivity contribution is 0.0950. The van der Waals surface area contributed by atoms with E-state index >= 15 is 0 Å². The number of aromatic nitrogens is 3. The summed E-state index contributed by atoms with van der Waals surface area (Å²) in [4.78, 5) is 16.5. The van der Waals surface area contributed by atoms with E-state index in [9.17, 15) is 4.79 Å². The minimum atomic E-state index is -0.0956. The number of nitrogens with zero attached hydrogens (tertiary/aromatic N) is 3. The summed E-state index contributed by atoms with van der Waals surface area (Å²) in [5.74, 6) is 0.793. The van der Waals surface area contributed by atoms with Gasteiger partial charge in [0.25, 0.3) is 5.91 Å². The number of hydrogen-bond donors (Lipinski definition) is 1. The van der Waals surface area contributed by atoms with Gasteiger partial charge in [0.2, 0.25) is 0 Å².